The van der Waals surface area contributed by atoms with E-state index in [9.17, 15) is 9.90 Å². The largest absolute Gasteiger partial charge is 0.467 e. The van der Waals surface area contributed by atoms with E-state index < -0.39 is 17.7 Å². The molecule has 0 aromatic carbocycles. The quantitative estimate of drug-likeness (QED) is 0.685. The third-order valence-corrected chi connectivity index (χ3v) is 2.69. The molecule has 1 saturated heterocycles. The molecule has 1 fully saturated rings. The van der Waals surface area contributed by atoms with Crippen molar-refractivity contribution in [2.45, 2.75) is 38.4 Å². The van der Waals surface area contributed by atoms with Crippen molar-refractivity contribution in [2.75, 3.05) is 13.7 Å². The third kappa shape index (κ3) is 1.77. The van der Waals surface area contributed by atoms with Gasteiger partial charge in [0.05, 0.1) is 13.2 Å². The van der Waals surface area contributed by atoms with Gasteiger partial charge < -0.3 is 14.6 Å². The lowest BCUT2D eigenvalue weighted by Gasteiger charge is -2.32. The summed E-state index contributed by atoms with van der Waals surface area (Å²) in [4.78, 5) is 11.6. The molecule has 1 N–H and O–H groups in total. The summed E-state index contributed by atoms with van der Waals surface area (Å²) < 4.78 is 10.1. The van der Waals surface area contributed by atoms with Crippen molar-refractivity contribution in [3.63, 3.8) is 0 Å². The predicted molar refractivity (Wildman–Crippen MR) is 50.8 cm³/mol. The number of aliphatic hydroxyl groups is 1. The fourth-order valence-electron chi connectivity index (χ4n) is 1.89. The highest BCUT2D eigenvalue weighted by Crippen LogP contribution is 2.33. The topological polar surface area (TPSA) is 55.8 Å². The number of hydrogen-bond acceptors (Lipinski definition) is 4. The first-order valence-corrected chi connectivity index (χ1v) is 4.95. The fraction of sp³-hybridized carbons (Fsp3) is 0.900. The van der Waals surface area contributed by atoms with Crippen molar-refractivity contribution in [2.24, 2.45) is 5.92 Å². The first-order valence-electron chi connectivity index (χ1n) is 4.95. The number of hydrogen-bond donors (Lipinski definition) is 1. The lowest BCUT2D eigenvalue weighted by molar-refractivity contribution is -0.181. The Kier molecular flexibility index (Phi) is 3.50. The summed E-state index contributed by atoms with van der Waals surface area (Å²) in [7, 11) is 1.32. The van der Waals surface area contributed by atoms with Crippen LogP contribution in [-0.4, -0.2) is 36.5 Å². The van der Waals surface area contributed by atoms with Gasteiger partial charge in [0.1, 0.15) is 0 Å². The van der Waals surface area contributed by atoms with Gasteiger partial charge in [0, 0.05) is 6.61 Å². The van der Waals surface area contributed by atoms with Gasteiger partial charge in [0.25, 0.3) is 0 Å². The summed E-state index contributed by atoms with van der Waals surface area (Å²) in [6.45, 7) is 4.23. The maximum absolute atomic E-state index is 11.6. The van der Waals surface area contributed by atoms with Gasteiger partial charge in [-0.15, -0.1) is 0 Å². The van der Waals surface area contributed by atoms with Crippen LogP contribution in [0.2, 0.25) is 0 Å². The lowest BCUT2D eigenvalue weighted by Crippen LogP contribution is -2.52. The second-order valence-electron chi connectivity index (χ2n) is 4.02. The fourth-order valence-corrected chi connectivity index (χ4v) is 1.89. The highest BCUT2D eigenvalue weighted by atomic mass is 16.6. The Labute approximate surface area is 84.2 Å². The molecule has 0 saturated carbocycles. The van der Waals surface area contributed by atoms with Crippen LogP contribution in [0.25, 0.3) is 0 Å². The van der Waals surface area contributed by atoms with Crippen LogP contribution < -0.4 is 0 Å². The minimum absolute atomic E-state index is 0.0211. The van der Waals surface area contributed by atoms with Crippen molar-refractivity contribution in [1.82, 2.24) is 0 Å². The summed E-state index contributed by atoms with van der Waals surface area (Å²) in [6, 6.07) is 0. The van der Waals surface area contributed by atoms with Crippen LogP contribution >= 0.6 is 0 Å². The van der Waals surface area contributed by atoms with Gasteiger partial charge >= 0.3 is 5.97 Å². The molecule has 2 unspecified atom stereocenters. The summed E-state index contributed by atoms with van der Waals surface area (Å²) in [5.41, 5.74) is -1.12. The molecule has 4 heteroatoms. The van der Waals surface area contributed by atoms with E-state index in [0.29, 0.717) is 13.0 Å². The molecule has 4 nitrogen and oxygen atoms in total. The number of esters is 1. The predicted octanol–water partition coefficient (Wildman–Crippen LogP) is 0.725. The smallest absolute Gasteiger partial charge is 0.340 e. The number of carbonyl (C=O) groups is 1. The van der Waals surface area contributed by atoms with Gasteiger partial charge in [-0.3, -0.25) is 0 Å². The normalized spacial score (nSPS) is 29.2. The Morgan fingerprint density at radius 1 is 1.57 bits per heavy atom. The molecule has 14 heavy (non-hydrogen) atoms. The van der Waals surface area contributed by atoms with E-state index >= 15 is 0 Å². The molecule has 2 atom stereocenters. The van der Waals surface area contributed by atoms with Crippen LogP contribution in [0.15, 0.2) is 0 Å². The molecule has 0 amide bonds. The average molecular weight is 202 g/mol. The maximum Gasteiger partial charge on any atom is 0.340 e. The van der Waals surface area contributed by atoms with Crippen LogP contribution in [0.3, 0.4) is 0 Å². The second kappa shape index (κ2) is 4.28. The van der Waals surface area contributed by atoms with Crippen molar-refractivity contribution in [3.05, 3.63) is 0 Å². The molecule has 0 aromatic rings. The standard InChI is InChI=1S/C10H18O4/c1-7(2)8(11)10(9(12)13-3)5-4-6-14-10/h7-8,11H,4-6H2,1-3H3. The molecule has 1 heterocycles. The van der Waals surface area contributed by atoms with E-state index in [1.165, 1.54) is 7.11 Å². The lowest BCUT2D eigenvalue weighted by atomic mass is 9.86. The molecule has 1 aliphatic heterocycles. The Morgan fingerprint density at radius 2 is 2.21 bits per heavy atom. The minimum Gasteiger partial charge on any atom is -0.467 e. The highest BCUT2D eigenvalue weighted by molar-refractivity contribution is 5.80. The van der Waals surface area contributed by atoms with Crippen molar-refractivity contribution >= 4 is 5.97 Å². The van der Waals surface area contributed by atoms with Crippen LogP contribution in [0.1, 0.15) is 26.7 Å². The minimum atomic E-state index is -1.12. The SMILES string of the molecule is COC(=O)C1(C(O)C(C)C)CCCO1. The Hall–Kier alpha value is -0.610. The Morgan fingerprint density at radius 3 is 2.57 bits per heavy atom. The van der Waals surface area contributed by atoms with Gasteiger partial charge in [-0.25, -0.2) is 4.79 Å². The van der Waals surface area contributed by atoms with Crippen molar-refractivity contribution in [1.29, 1.82) is 0 Å². The number of rotatable bonds is 3. The van der Waals surface area contributed by atoms with E-state index in [1.807, 2.05) is 13.8 Å². The van der Waals surface area contributed by atoms with E-state index in [1.54, 1.807) is 0 Å². The number of ether oxygens (including phenoxy) is 2. The summed E-state index contributed by atoms with van der Waals surface area (Å²) in [6.07, 6.45) is 0.537. The van der Waals surface area contributed by atoms with Crippen LogP contribution in [0, 0.1) is 5.92 Å². The Bertz CT molecular complexity index is 206. The number of carbonyl (C=O) groups excluding carboxylic acids is 1. The summed E-state index contributed by atoms with van der Waals surface area (Å²) in [5, 5.41) is 9.95. The van der Waals surface area contributed by atoms with Gasteiger partial charge in [0.2, 0.25) is 0 Å². The molecule has 0 radical (unpaired) electrons. The molecule has 0 bridgehead atoms. The van der Waals surface area contributed by atoms with Crippen LogP contribution in [0.5, 0.6) is 0 Å². The van der Waals surface area contributed by atoms with Crippen LogP contribution in [-0.2, 0) is 14.3 Å². The zero-order chi connectivity index (χ0) is 10.8. The average Bonchev–Trinajstić information content (AvgIpc) is 2.65. The molecular weight excluding hydrogens is 184 g/mol. The van der Waals surface area contributed by atoms with Gasteiger partial charge in [-0.05, 0) is 18.8 Å². The molecular formula is C10H18O4. The zero-order valence-electron chi connectivity index (χ0n) is 8.95. The van der Waals surface area contributed by atoms with E-state index in [4.69, 9.17) is 4.74 Å². The van der Waals surface area contributed by atoms with E-state index in [0.717, 1.165) is 6.42 Å². The molecule has 82 valence electrons. The monoisotopic (exact) mass is 202 g/mol. The van der Waals surface area contributed by atoms with Gasteiger partial charge in [-0.2, -0.15) is 0 Å². The molecule has 1 rings (SSSR count). The molecule has 0 aliphatic carbocycles. The van der Waals surface area contributed by atoms with E-state index in [2.05, 4.69) is 4.74 Å². The second-order valence-corrected chi connectivity index (χ2v) is 4.02. The molecule has 1 aliphatic rings. The van der Waals surface area contributed by atoms with Crippen molar-refractivity contribution < 1.29 is 19.4 Å². The first-order chi connectivity index (χ1) is 6.54. The Balaban J connectivity index is 2.86. The van der Waals surface area contributed by atoms with Gasteiger partial charge in [-0.1, -0.05) is 13.8 Å². The van der Waals surface area contributed by atoms with Crippen LogP contribution in [0.4, 0.5) is 0 Å². The highest BCUT2D eigenvalue weighted by Gasteiger charge is 2.51. The number of methoxy groups -OCH3 is 1. The first kappa shape index (κ1) is 11.5. The maximum atomic E-state index is 11.6. The zero-order valence-corrected chi connectivity index (χ0v) is 8.95. The van der Waals surface area contributed by atoms with Crippen molar-refractivity contribution in [3.8, 4) is 0 Å². The third-order valence-electron chi connectivity index (χ3n) is 2.69. The van der Waals surface area contributed by atoms with E-state index in [-0.39, 0.29) is 5.92 Å². The molecule has 0 aromatic heterocycles. The van der Waals surface area contributed by atoms with Gasteiger partial charge in [0.15, 0.2) is 5.60 Å². The molecule has 0 spiro atoms. The summed E-state index contributed by atoms with van der Waals surface area (Å²) in [5.74, 6) is -0.483. The summed E-state index contributed by atoms with van der Waals surface area (Å²) >= 11 is 0. The number of aliphatic hydroxyl groups excluding tert-OH is 1.